The van der Waals surface area contributed by atoms with Gasteiger partial charge in [0.05, 0.1) is 0 Å². The molecule has 0 radical (unpaired) electrons. The van der Waals surface area contributed by atoms with E-state index >= 15 is 0 Å². The van der Waals surface area contributed by atoms with Gasteiger partial charge in [-0.3, -0.25) is 0 Å². The zero-order chi connectivity index (χ0) is 8.15. The fourth-order valence-corrected chi connectivity index (χ4v) is 0.223. The van der Waals surface area contributed by atoms with Gasteiger partial charge < -0.3 is 0 Å². The Labute approximate surface area is 58.7 Å². The smallest absolute Gasteiger partial charge is 0.204 e. The summed E-state index contributed by atoms with van der Waals surface area (Å²) in [5.74, 6) is 0. The summed E-state index contributed by atoms with van der Waals surface area (Å²) in [4.78, 5) is 0. The molecule has 10 heavy (non-hydrogen) atoms. The lowest BCUT2D eigenvalue weighted by Crippen LogP contribution is -2.03. The molecule has 2 nitrogen and oxygen atoms in total. The van der Waals surface area contributed by atoms with Crippen LogP contribution in [0.25, 0.3) is 0 Å². The van der Waals surface area contributed by atoms with Gasteiger partial charge in [0.25, 0.3) is 6.43 Å². The fraction of sp³-hybridized carbons (Fsp3) is 0.667. The fourth-order valence-electron chi connectivity index (χ4n) is 0.223. The molecule has 0 unspecified atom stereocenters. The van der Waals surface area contributed by atoms with E-state index in [1.54, 1.807) is 13.8 Å². The van der Waals surface area contributed by atoms with Crippen molar-refractivity contribution in [3.63, 3.8) is 0 Å². The maximum absolute atomic E-state index is 11.7. The molecule has 0 rings (SSSR count). The Kier molecular flexibility index (Phi) is 3.76. The second-order valence-electron chi connectivity index (χ2n) is 2.09. The van der Waals surface area contributed by atoms with Gasteiger partial charge in [0.2, 0.25) is 0 Å². The highest BCUT2D eigenvalue weighted by Crippen LogP contribution is 1.96. The summed E-state index contributed by atoms with van der Waals surface area (Å²) in [6.07, 6.45) is -2.50. The summed E-state index contributed by atoms with van der Waals surface area (Å²) in [7, 11) is 0. The largest absolute Gasteiger partial charge is 0.278 e. The predicted molar refractivity (Wildman–Crippen MR) is 37.9 cm³/mol. The molecule has 0 aliphatic rings. The average Bonchev–Trinajstić information content (AvgIpc) is 1.82. The van der Waals surface area contributed by atoms with Crippen molar-refractivity contribution < 1.29 is 8.78 Å². The van der Waals surface area contributed by atoms with Gasteiger partial charge in [-0.15, -0.1) is 0 Å². The Hall–Kier alpha value is -0.800. The van der Waals surface area contributed by atoms with E-state index in [0.29, 0.717) is 5.71 Å². The Morgan fingerprint density at radius 3 is 1.90 bits per heavy atom. The Morgan fingerprint density at radius 1 is 1.10 bits per heavy atom. The summed E-state index contributed by atoms with van der Waals surface area (Å²) in [6.45, 7) is 4.64. The number of hydrogen-bond donors (Lipinski definition) is 0. The van der Waals surface area contributed by atoms with Crippen molar-refractivity contribution in [2.75, 3.05) is 0 Å². The van der Waals surface area contributed by atoms with Crippen molar-refractivity contribution in [2.24, 2.45) is 10.2 Å². The first-order chi connectivity index (χ1) is 4.54. The van der Waals surface area contributed by atoms with E-state index in [9.17, 15) is 8.78 Å². The van der Waals surface area contributed by atoms with Crippen LogP contribution in [-0.4, -0.2) is 17.8 Å². The number of rotatable bonds is 2. The van der Waals surface area contributed by atoms with E-state index in [4.69, 9.17) is 0 Å². The third-order valence-electron chi connectivity index (χ3n) is 0.724. The van der Waals surface area contributed by atoms with E-state index < -0.39 is 6.43 Å². The molecule has 0 amide bonds. The molecular weight excluding hydrogens is 138 g/mol. The summed E-state index contributed by atoms with van der Waals surface area (Å²) < 4.78 is 23.4. The zero-order valence-electron chi connectivity index (χ0n) is 6.23. The van der Waals surface area contributed by atoms with E-state index in [-0.39, 0.29) is 5.71 Å². The SMILES string of the molecule is CC(C)=N/N=C(\C)C(F)F. The maximum Gasteiger partial charge on any atom is 0.278 e. The van der Waals surface area contributed by atoms with Crippen LogP contribution in [0.1, 0.15) is 20.8 Å². The minimum Gasteiger partial charge on any atom is -0.204 e. The third-order valence-corrected chi connectivity index (χ3v) is 0.724. The molecule has 4 heteroatoms. The first kappa shape index (κ1) is 9.20. The van der Waals surface area contributed by atoms with Crippen LogP contribution in [-0.2, 0) is 0 Å². The molecule has 0 atom stereocenters. The standard InChI is InChI=1S/C6H10F2N2/c1-4(2)9-10-5(3)6(7)8/h6H,1-3H3/b10-5+. The molecule has 0 aliphatic carbocycles. The highest BCUT2D eigenvalue weighted by atomic mass is 19.3. The summed E-state index contributed by atoms with van der Waals surface area (Å²) >= 11 is 0. The lowest BCUT2D eigenvalue weighted by Gasteiger charge is -1.92. The van der Waals surface area contributed by atoms with Gasteiger partial charge in [0.1, 0.15) is 5.71 Å². The number of nitrogens with zero attached hydrogens (tertiary/aromatic N) is 2. The Morgan fingerprint density at radius 2 is 1.60 bits per heavy atom. The number of alkyl halides is 2. The minimum atomic E-state index is -2.50. The van der Waals surface area contributed by atoms with Crippen molar-refractivity contribution in [1.29, 1.82) is 0 Å². The Balaban J connectivity index is 4.05. The van der Waals surface area contributed by atoms with E-state index in [0.717, 1.165) is 0 Å². The molecule has 0 N–H and O–H groups in total. The molecule has 0 saturated heterocycles. The van der Waals surface area contributed by atoms with Crippen LogP contribution < -0.4 is 0 Å². The van der Waals surface area contributed by atoms with Gasteiger partial charge in [-0.1, -0.05) is 0 Å². The molecule has 0 aromatic rings. The molecule has 0 aromatic heterocycles. The van der Waals surface area contributed by atoms with Gasteiger partial charge in [-0.2, -0.15) is 10.2 Å². The maximum atomic E-state index is 11.7. The van der Waals surface area contributed by atoms with Gasteiger partial charge in [-0.05, 0) is 20.8 Å². The van der Waals surface area contributed by atoms with Crippen molar-refractivity contribution in [1.82, 2.24) is 0 Å². The van der Waals surface area contributed by atoms with Crippen molar-refractivity contribution in [3.8, 4) is 0 Å². The van der Waals surface area contributed by atoms with Crippen LogP contribution in [0.15, 0.2) is 10.2 Å². The first-order valence-electron chi connectivity index (χ1n) is 2.87. The summed E-state index contributed by atoms with van der Waals surface area (Å²) in [5, 5.41) is 6.75. The van der Waals surface area contributed by atoms with E-state index in [1.165, 1.54) is 6.92 Å². The molecule has 0 fully saturated rings. The molecule has 0 spiro atoms. The van der Waals surface area contributed by atoms with Crippen LogP contribution in [0, 0.1) is 0 Å². The predicted octanol–water partition coefficient (Wildman–Crippen LogP) is 2.11. The van der Waals surface area contributed by atoms with Crippen molar-refractivity contribution >= 4 is 11.4 Å². The molecular formula is C6H10F2N2. The monoisotopic (exact) mass is 148 g/mol. The van der Waals surface area contributed by atoms with Gasteiger partial charge in [0, 0.05) is 5.71 Å². The van der Waals surface area contributed by atoms with Crippen LogP contribution >= 0.6 is 0 Å². The average molecular weight is 148 g/mol. The lowest BCUT2D eigenvalue weighted by atomic mass is 10.5. The van der Waals surface area contributed by atoms with Gasteiger partial charge >= 0.3 is 0 Å². The van der Waals surface area contributed by atoms with Gasteiger partial charge in [-0.25, -0.2) is 8.78 Å². The number of hydrogen-bond acceptors (Lipinski definition) is 2. The lowest BCUT2D eigenvalue weighted by molar-refractivity contribution is 0.224. The molecule has 0 aliphatic heterocycles. The van der Waals surface area contributed by atoms with Crippen LogP contribution in [0.4, 0.5) is 8.78 Å². The molecule has 0 bridgehead atoms. The van der Waals surface area contributed by atoms with Gasteiger partial charge in [0.15, 0.2) is 0 Å². The topological polar surface area (TPSA) is 24.7 Å². The highest BCUT2D eigenvalue weighted by molar-refractivity contribution is 5.86. The zero-order valence-corrected chi connectivity index (χ0v) is 6.23. The van der Waals surface area contributed by atoms with Crippen LogP contribution in [0.5, 0.6) is 0 Å². The van der Waals surface area contributed by atoms with E-state index in [1.807, 2.05) is 0 Å². The van der Waals surface area contributed by atoms with Crippen molar-refractivity contribution in [2.45, 2.75) is 27.2 Å². The minimum absolute atomic E-state index is 0.249. The summed E-state index contributed by atoms with van der Waals surface area (Å²) in [6, 6.07) is 0. The van der Waals surface area contributed by atoms with Crippen LogP contribution in [0.3, 0.4) is 0 Å². The number of halogens is 2. The molecule has 0 heterocycles. The second-order valence-corrected chi connectivity index (χ2v) is 2.09. The second kappa shape index (κ2) is 4.09. The molecule has 0 saturated carbocycles. The molecule has 58 valence electrons. The first-order valence-corrected chi connectivity index (χ1v) is 2.87. The normalized spacial score (nSPS) is 12.0. The Bertz CT molecular complexity index is 157. The van der Waals surface area contributed by atoms with Crippen molar-refractivity contribution in [3.05, 3.63) is 0 Å². The highest BCUT2D eigenvalue weighted by Gasteiger charge is 2.05. The molecule has 0 aromatic carbocycles. The summed E-state index contributed by atoms with van der Waals surface area (Å²) in [5.41, 5.74) is 0.418. The quantitative estimate of drug-likeness (QED) is 0.423. The van der Waals surface area contributed by atoms with E-state index in [2.05, 4.69) is 10.2 Å². The van der Waals surface area contributed by atoms with Crippen LogP contribution in [0.2, 0.25) is 0 Å². The third kappa shape index (κ3) is 4.12.